The standard InChI is InChI=1S/C19H26O4Si/c1-19(2,3)24(4,5)23-11-10-16(20)15-12-17(21)13-8-6-7-9-14(13)18(15)22/h6-9,12,21-22H,10-11H2,1-5H3. The topological polar surface area (TPSA) is 66.8 Å². The molecule has 130 valence electrons. The number of hydrogen-bond donors (Lipinski definition) is 2. The molecule has 24 heavy (non-hydrogen) atoms. The summed E-state index contributed by atoms with van der Waals surface area (Å²) >= 11 is 0. The minimum atomic E-state index is -1.90. The number of ketones is 1. The Kier molecular flexibility index (Phi) is 5.06. The lowest BCUT2D eigenvalue weighted by Crippen LogP contribution is -2.41. The Morgan fingerprint density at radius 2 is 1.71 bits per heavy atom. The van der Waals surface area contributed by atoms with Gasteiger partial charge in [-0.15, -0.1) is 0 Å². The molecule has 2 aromatic carbocycles. The molecule has 2 aromatic rings. The van der Waals surface area contributed by atoms with E-state index in [0.717, 1.165) is 0 Å². The highest BCUT2D eigenvalue weighted by atomic mass is 28.4. The van der Waals surface area contributed by atoms with E-state index in [9.17, 15) is 15.0 Å². The highest BCUT2D eigenvalue weighted by Crippen LogP contribution is 2.37. The Bertz CT molecular complexity index is 760. The molecule has 0 spiro atoms. The van der Waals surface area contributed by atoms with Crippen LogP contribution in [0.25, 0.3) is 10.8 Å². The van der Waals surface area contributed by atoms with Crippen LogP contribution in [0, 0.1) is 0 Å². The molecule has 0 unspecified atom stereocenters. The summed E-state index contributed by atoms with van der Waals surface area (Å²) < 4.78 is 6.02. The maximum atomic E-state index is 12.5. The molecule has 0 aliphatic heterocycles. The lowest BCUT2D eigenvalue weighted by molar-refractivity contribution is 0.0956. The van der Waals surface area contributed by atoms with Gasteiger partial charge in [0.2, 0.25) is 0 Å². The number of aromatic hydroxyl groups is 2. The van der Waals surface area contributed by atoms with E-state index in [4.69, 9.17) is 4.43 Å². The summed E-state index contributed by atoms with van der Waals surface area (Å²) in [5.41, 5.74) is 0.144. The summed E-state index contributed by atoms with van der Waals surface area (Å²) in [6.07, 6.45) is 0.178. The van der Waals surface area contributed by atoms with Crippen molar-refractivity contribution in [2.24, 2.45) is 0 Å². The van der Waals surface area contributed by atoms with Crippen LogP contribution in [-0.2, 0) is 4.43 Å². The highest BCUT2D eigenvalue weighted by molar-refractivity contribution is 6.74. The van der Waals surface area contributed by atoms with Gasteiger partial charge in [0.15, 0.2) is 14.1 Å². The molecule has 2 N–H and O–H groups in total. The van der Waals surface area contributed by atoms with Crippen LogP contribution in [0.15, 0.2) is 30.3 Å². The van der Waals surface area contributed by atoms with Crippen molar-refractivity contribution in [3.63, 3.8) is 0 Å². The monoisotopic (exact) mass is 346 g/mol. The first-order valence-electron chi connectivity index (χ1n) is 8.15. The predicted octanol–water partition coefficient (Wildman–Crippen LogP) is 4.85. The number of Topliss-reactive ketones (excluding diaryl/α,β-unsaturated/α-hetero) is 1. The van der Waals surface area contributed by atoms with E-state index < -0.39 is 8.32 Å². The number of benzene rings is 2. The number of hydrogen-bond acceptors (Lipinski definition) is 4. The van der Waals surface area contributed by atoms with Gasteiger partial charge in [0.1, 0.15) is 11.5 Å². The zero-order chi connectivity index (χ0) is 18.1. The van der Waals surface area contributed by atoms with Gasteiger partial charge in [-0.1, -0.05) is 45.0 Å². The van der Waals surface area contributed by atoms with E-state index in [1.54, 1.807) is 24.3 Å². The molecule has 0 heterocycles. The molecule has 0 bridgehead atoms. The van der Waals surface area contributed by atoms with E-state index in [1.807, 2.05) is 0 Å². The number of rotatable bonds is 5. The average molecular weight is 346 g/mol. The second-order valence-electron chi connectivity index (χ2n) is 7.62. The third kappa shape index (κ3) is 3.62. The van der Waals surface area contributed by atoms with Gasteiger partial charge in [0, 0.05) is 23.8 Å². The van der Waals surface area contributed by atoms with Gasteiger partial charge in [-0.25, -0.2) is 0 Å². The number of fused-ring (bicyclic) bond motifs is 1. The molecule has 0 saturated carbocycles. The first-order valence-corrected chi connectivity index (χ1v) is 11.1. The second-order valence-corrected chi connectivity index (χ2v) is 12.4. The summed E-state index contributed by atoms with van der Waals surface area (Å²) in [6.45, 7) is 11.0. The van der Waals surface area contributed by atoms with E-state index in [1.165, 1.54) is 6.07 Å². The van der Waals surface area contributed by atoms with E-state index in [2.05, 4.69) is 33.9 Å². The molecule has 0 aromatic heterocycles. The highest BCUT2D eigenvalue weighted by Gasteiger charge is 2.37. The first-order chi connectivity index (χ1) is 11.0. The molecule has 0 aliphatic carbocycles. The number of carbonyl (C=O) groups excluding carboxylic acids is 1. The molecular weight excluding hydrogens is 320 g/mol. The van der Waals surface area contributed by atoms with Crippen molar-refractivity contribution in [1.29, 1.82) is 0 Å². The molecule has 0 radical (unpaired) electrons. The minimum Gasteiger partial charge on any atom is -0.507 e. The van der Waals surface area contributed by atoms with Crippen molar-refractivity contribution in [3.05, 3.63) is 35.9 Å². The fraction of sp³-hybridized carbons (Fsp3) is 0.421. The van der Waals surface area contributed by atoms with Crippen LogP contribution in [0.2, 0.25) is 18.1 Å². The summed E-state index contributed by atoms with van der Waals surface area (Å²) in [4.78, 5) is 12.5. The molecule has 4 nitrogen and oxygen atoms in total. The second kappa shape index (κ2) is 6.57. The summed E-state index contributed by atoms with van der Waals surface area (Å²) in [5.74, 6) is -0.315. The number of carbonyl (C=O) groups is 1. The van der Waals surface area contributed by atoms with Crippen LogP contribution in [0.1, 0.15) is 37.6 Å². The van der Waals surface area contributed by atoms with Gasteiger partial charge in [0.05, 0.1) is 5.56 Å². The SMILES string of the molecule is CC(C)(C)[Si](C)(C)OCCC(=O)c1cc(O)c2ccccc2c1O. The van der Waals surface area contributed by atoms with Gasteiger partial charge in [0.25, 0.3) is 0 Å². The molecule has 5 heteroatoms. The van der Waals surface area contributed by atoms with Gasteiger partial charge >= 0.3 is 0 Å². The van der Waals surface area contributed by atoms with Crippen molar-refractivity contribution in [1.82, 2.24) is 0 Å². The van der Waals surface area contributed by atoms with Crippen LogP contribution in [0.4, 0.5) is 0 Å². The van der Waals surface area contributed by atoms with Gasteiger partial charge in [-0.05, 0) is 24.2 Å². The van der Waals surface area contributed by atoms with Gasteiger partial charge in [-0.3, -0.25) is 4.79 Å². The predicted molar refractivity (Wildman–Crippen MR) is 99.4 cm³/mol. The van der Waals surface area contributed by atoms with Gasteiger partial charge in [-0.2, -0.15) is 0 Å². The van der Waals surface area contributed by atoms with Crippen LogP contribution in [0.3, 0.4) is 0 Å². The van der Waals surface area contributed by atoms with Crippen molar-refractivity contribution in [2.45, 2.75) is 45.3 Å². The molecule has 0 amide bonds. The Hall–Kier alpha value is -1.85. The average Bonchev–Trinajstić information content (AvgIpc) is 2.49. The zero-order valence-electron chi connectivity index (χ0n) is 15.0. The summed E-state index contributed by atoms with van der Waals surface area (Å²) in [7, 11) is -1.90. The molecular formula is C19H26O4Si. The molecule has 0 fully saturated rings. The van der Waals surface area contributed by atoms with E-state index >= 15 is 0 Å². The Labute approximate surface area is 144 Å². The zero-order valence-corrected chi connectivity index (χ0v) is 16.0. The maximum Gasteiger partial charge on any atom is 0.191 e. The van der Waals surface area contributed by atoms with Crippen molar-refractivity contribution >= 4 is 24.9 Å². The molecule has 0 saturated heterocycles. The minimum absolute atomic E-state index is 0.00272. The Balaban J connectivity index is 2.17. The van der Waals surface area contributed by atoms with Crippen LogP contribution in [0.5, 0.6) is 11.5 Å². The number of phenols is 2. The third-order valence-corrected chi connectivity index (χ3v) is 9.43. The first kappa shape index (κ1) is 18.5. The lowest BCUT2D eigenvalue weighted by atomic mass is 10.0. The van der Waals surface area contributed by atoms with Crippen LogP contribution >= 0.6 is 0 Å². The quantitative estimate of drug-likeness (QED) is 0.461. The summed E-state index contributed by atoms with van der Waals surface area (Å²) in [6, 6.07) is 8.27. The van der Waals surface area contributed by atoms with Crippen molar-refractivity contribution < 1.29 is 19.4 Å². The van der Waals surface area contributed by atoms with E-state index in [-0.39, 0.29) is 34.3 Å². The molecule has 0 aliphatic rings. The normalized spacial score (nSPS) is 12.5. The fourth-order valence-corrected chi connectivity index (χ4v) is 3.35. The number of phenolic OH excluding ortho intramolecular Hbond substituents is 2. The largest absolute Gasteiger partial charge is 0.507 e. The molecule has 0 atom stereocenters. The Morgan fingerprint density at radius 1 is 1.12 bits per heavy atom. The van der Waals surface area contributed by atoms with E-state index in [0.29, 0.717) is 17.4 Å². The smallest absolute Gasteiger partial charge is 0.191 e. The summed E-state index contributed by atoms with van der Waals surface area (Å²) in [5, 5.41) is 21.6. The fourth-order valence-electron chi connectivity index (χ4n) is 2.30. The van der Waals surface area contributed by atoms with Crippen LogP contribution < -0.4 is 0 Å². The van der Waals surface area contributed by atoms with Crippen molar-refractivity contribution in [2.75, 3.05) is 6.61 Å². The van der Waals surface area contributed by atoms with Crippen LogP contribution in [-0.4, -0.2) is 30.9 Å². The maximum absolute atomic E-state index is 12.5. The third-order valence-electron chi connectivity index (χ3n) is 4.89. The lowest BCUT2D eigenvalue weighted by Gasteiger charge is -2.36. The molecule has 2 rings (SSSR count). The van der Waals surface area contributed by atoms with Crippen molar-refractivity contribution in [3.8, 4) is 11.5 Å². The van der Waals surface area contributed by atoms with Gasteiger partial charge < -0.3 is 14.6 Å². The Morgan fingerprint density at radius 3 is 2.29 bits per heavy atom.